The van der Waals surface area contributed by atoms with Crippen molar-refractivity contribution in [3.63, 3.8) is 0 Å². The lowest BCUT2D eigenvalue weighted by molar-refractivity contribution is -0.132. The van der Waals surface area contributed by atoms with E-state index < -0.39 is 0 Å². The number of nitrogens with zero attached hydrogens (tertiary/aromatic N) is 4. The van der Waals surface area contributed by atoms with Gasteiger partial charge in [-0.05, 0) is 50.6 Å². The maximum Gasteiger partial charge on any atom is 0.248 e. The Labute approximate surface area is 165 Å². The summed E-state index contributed by atoms with van der Waals surface area (Å²) in [7, 11) is 0. The zero-order valence-electron chi connectivity index (χ0n) is 15.7. The molecule has 2 amide bonds. The molecule has 9 heteroatoms. The number of rotatable bonds is 4. The van der Waals surface area contributed by atoms with E-state index in [9.17, 15) is 9.59 Å². The number of piperidine rings is 1. The van der Waals surface area contributed by atoms with Gasteiger partial charge in [-0.25, -0.2) is 9.67 Å². The minimum Gasteiger partial charge on any atom is -0.341 e. The van der Waals surface area contributed by atoms with Crippen molar-refractivity contribution in [2.75, 3.05) is 31.5 Å². The van der Waals surface area contributed by atoms with Crippen molar-refractivity contribution >= 4 is 30.2 Å². The van der Waals surface area contributed by atoms with Crippen LogP contribution in [0.2, 0.25) is 0 Å². The summed E-state index contributed by atoms with van der Waals surface area (Å²) in [6, 6.07) is 0. The largest absolute Gasteiger partial charge is 0.341 e. The number of anilines is 1. The van der Waals surface area contributed by atoms with Gasteiger partial charge in [-0.15, -0.1) is 17.5 Å². The Balaban J connectivity index is 0.00000210. The van der Waals surface area contributed by atoms with E-state index in [1.165, 1.54) is 23.9 Å². The molecule has 1 saturated carbocycles. The molecule has 3 aliphatic rings. The topological polar surface area (TPSA) is 92.2 Å². The number of amides is 2. The summed E-state index contributed by atoms with van der Waals surface area (Å²) < 4.78 is 1.52. The number of carbonyl (C=O) groups excluding carboxylic acids is 2. The van der Waals surface area contributed by atoms with E-state index in [0.717, 1.165) is 58.3 Å². The Morgan fingerprint density at radius 2 is 1.89 bits per heavy atom. The van der Waals surface area contributed by atoms with Gasteiger partial charge < -0.3 is 10.2 Å². The Kier molecular flexibility index (Phi) is 6.37. The van der Waals surface area contributed by atoms with Crippen LogP contribution in [0.4, 0.5) is 5.95 Å². The molecule has 3 heterocycles. The van der Waals surface area contributed by atoms with E-state index in [2.05, 4.69) is 20.7 Å². The molecule has 2 N–H and O–H groups in total. The highest BCUT2D eigenvalue weighted by molar-refractivity contribution is 5.93. The fourth-order valence-electron chi connectivity index (χ4n) is 4.38. The van der Waals surface area contributed by atoms with Crippen molar-refractivity contribution in [2.24, 2.45) is 11.3 Å². The fourth-order valence-corrected chi connectivity index (χ4v) is 4.38. The predicted octanol–water partition coefficient (Wildman–Crippen LogP) is 1.43. The van der Waals surface area contributed by atoms with Crippen LogP contribution in [0.5, 0.6) is 0 Å². The van der Waals surface area contributed by atoms with Crippen LogP contribution < -0.4 is 10.6 Å². The van der Waals surface area contributed by atoms with Gasteiger partial charge in [-0.2, -0.15) is 0 Å². The second-order valence-corrected chi connectivity index (χ2v) is 7.92. The molecule has 1 aromatic rings. The molecular weight excluding hydrogens is 368 g/mol. The van der Waals surface area contributed by atoms with Crippen LogP contribution in [-0.4, -0.2) is 57.7 Å². The zero-order valence-corrected chi connectivity index (χ0v) is 16.5. The highest BCUT2D eigenvalue weighted by Crippen LogP contribution is 2.58. The van der Waals surface area contributed by atoms with Crippen LogP contribution in [0.1, 0.15) is 44.9 Å². The van der Waals surface area contributed by atoms with Crippen molar-refractivity contribution in [1.82, 2.24) is 25.0 Å². The van der Waals surface area contributed by atoms with E-state index in [4.69, 9.17) is 0 Å². The minimum absolute atomic E-state index is 0. The summed E-state index contributed by atoms with van der Waals surface area (Å²) in [6.45, 7) is 3.83. The maximum atomic E-state index is 12.5. The SMILES string of the molecule is Cl.O=C(Nc1ncn(CC(=O)N2CCCCCC2)n1)C1CC12CCNCC2. The standard InChI is InChI=1S/C18H28N6O2.ClH/c25-15(23-9-3-1-2-4-10-23)12-24-13-20-17(22-24)21-16(26)14-11-18(14)5-7-19-8-6-18;/h13-14,19H,1-12H2,(H,21,22,26);1H. The molecule has 1 aliphatic carbocycles. The monoisotopic (exact) mass is 396 g/mol. The molecule has 0 radical (unpaired) electrons. The lowest BCUT2D eigenvalue weighted by Gasteiger charge is -2.22. The van der Waals surface area contributed by atoms with Gasteiger partial charge in [-0.3, -0.25) is 14.9 Å². The minimum atomic E-state index is 0. The van der Waals surface area contributed by atoms with Gasteiger partial charge in [-0.1, -0.05) is 12.8 Å². The molecule has 1 spiro atoms. The molecule has 4 rings (SSSR count). The van der Waals surface area contributed by atoms with Gasteiger partial charge in [0.15, 0.2) is 0 Å². The molecule has 1 unspecified atom stereocenters. The van der Waals surface area contributed by atoms with Crippen LogP contribution in [-0.2, 0) is 16.1 Å². The van der Waals surface area contributed by atoms with Gasteiger partial charge in [0.25, 0.3) is 0 Å². The number of aromatic nitrogens is 3. The van der Waals surface area contributed by atoms with Gasteiger partial charge in [0.2, 0.25) is 17.8 Å². The average Bonchev–Trinajstić information content (AvgIpc) is 3.27. The molecular formula is C18H29ClN6O2. The third kappa shape index (κ3) is 4.60. The van der Waals surface area contributed by atoms with Gasteiger partial charge in [0.1, 0.15) is 12.9 Å². The third-order valence-electron chi connectivity index (χ3n) is 6.13. The number of carbonyl (C=O) groups is 2. The summed E-state index contributed by atoms with van der Waals surface area (Å²) in [6.07, 6.45) is 9.16. The average molecular weight is 397 g/mol. The molecule has 3 fully saturated rings. The smallest absolute Gasteiger partial charge is 0.248 e. The summed E-state index contributed by atoms with van der Waals surface area (Å²) in [5.41, 5.74) is 0.195. The van der Waals surface area contributed by atoms with Gasteiger partial charge in [0.05, 0.1) is 0 Å². The molecule has 150 valence electrons. The number of hydrogen-bond acceptors (Lipinski definition) is 5. The van der Waals surface area contributed by atoms with E-state index in [0.29, 0.717) is 5.95 Å². The van der Waals surface area contributed by atoms with Crippen LogP contribution >= 0.6 is 12.4 Å². The Morgan fingerprint density at radius 1 is 1.19 bits per heavy atom. The van der Waals surface area contributed by atoms with E-state index in [1.54, 1.807) is 0 Å². The molecule has 8 nitrogen and oxygen atoms in total. The van der Waals surface area contributed by atoms with Gasteiger partial charge >= 0.3 is 0 Å². The van der Waals surface area contributed by atoms with Crippen LogP contribution in [0.25, 0.3) is 0 Å². The molecule has 27 heavy (non-hydrogen) atoms. The number of halogens is 1. The van der Waals surface area contributed by atoms with Crippen molar-refractivity contribution in [3.05, 3.63) is 6.33 Å². The highest BCUT2D eigenvalue weighted by Gasteiger charge is 2.57. The normalized spacial score (nSPS) is 24.0. The summed E-state index contributed by atoms with van der Waals surface area (Å²) >= 11 is 0. The molecule has 0 aromatic carbocycles. The van der Waals surface area contributed by atoms with Gasteiger partial charge in [0, 0.05) is 19.0 Å². The van der Waals surface area contributed by atoms with Crippen molar-refractivity contribution < 1.29 is 9.59 Å². The fraction of sp³-hybridized carbons (Fsp3) is 0.778. The van der Waals surface area contributed by atoms with E-state index in [-0.39, 0.29) is 42.1 Å². The second-order valence-electron chi connectivity index (χ2n) is 7.92. The number of nitrogens with one attached hydrogen (secondary N) is 2. The number of likely N-dealkylation sites (tertiary alicyclic amines) is 1. The van der Waals surface area contributed by atoms with Crippen LogP contribution in [0.3, 0.4) is 0 Å². The van der Waals surface area contributed by atoms with E-state index >= 15 is 0 Å². The van der Waals surface area contributed by atoms with Crippen LogP contribution in [0, 0.1) is 11.3 Å². The first kappa shape index (κ1) is 20.1. The predicted molar refractivity (Wildman–Crippen MR) is 104 cm³/mol. The third-order valence-corrected chi connectivity index (χ3v) is 6.13. The Bertz CT molecular complexity index is 665. The second kappa shape index (κ2) is 8.56. The lowest BCUT2D eigenvalue weighted by atomic mass is 9.92. The lowest BCUT2D eigenvalue weighted by Crippen LogP contribution is -2.34. The molecule has 1 aromatic heterocycles. The maximum absolute atomic E-state index is 12.5. The summed E-state index contributed by atoms with van der Waals surface area (Å²) in [4.78, 5) is 31.0. The van der Waals surface area contributed by atoms with E-state index in [1.807, 2.05) is 4.90 Å². The number of hydrogen-bond donors (Lipinski definition) is 2. The van der Waals surface area contributed by atoms with Crippen molar-refractivity contribution in [3.8, 4) is 0 Å². The zero-order chi connectivity index (χ0) is 18.0. The quantitative estimate of drug-likeness (QED) is 0.803. The highest BCUT2D eigenvalue weighted by atomic mass is 35.5. The summed E-state index contributed by atoms with van der Waals surface area (Å²) in [5.74, 6) is 0.471. The van der Waals surface area contributed by atoms with Crippen molar-refractivity contribution in [1.29, 1.82) is 0 Å². The Hall–Kier alpha value is -1.67. The van der Waals surface area contributed by atoms with Crippen molar-refractivity contribution in [2.45, 2.75) is 51.5 Å². The molecule has 1 atom stereocenters. The molecule has 2 aliphatic heterocycles. The first-order valence-electron chi connectivity index (χ1n) is 9.85. The Morgan fingerprint density at radius 3 is 2.59 bits per heavy atom. The summed E-state index contributed by atoms with van der Waals surface area (Å²) in [5, 5.41) is 10.4. The molecule has 0 bridgehead atoms. The molecule has 2 saturated heterocycles. The first-order chi connectivity index (χ1) is 12.7. The first-order valence-corrected chi connectivity index (χ1v) is 9.85. The van der Waals surface area contributed by atoms with Crippen LogP contribution in [0.15, 0.2) is 6.33 Å².